The molecule has 7 nitrogen and oxygen atoms in total. The van der Waals surface area contributed by atoms with Gasteiger partial charge in [-0.1, -0.05) is 30.7 Å². The first-order valence-electron chi connectivity index (χ1n) is 10.0. The molecule has 2 aromatic rings. The molecule has 3 rings (SSSR count). The van der Waals surface area contributed by atoms with Gasteiger partial charge in [-0.2, -0.15) is 0 Å². The average Bonchev–Trinajstić information content (AvgIpc) is 3.16. The number of halogens is 1. The van der Waals surface area contributed by atoms with Gasteiger partial charge in [0, 0.05) is 24.8 Å². The highest BCUT2D eigenvalue weighted by Gasteiger charge is 2.27. The van der Waals surface area contributed by atoms with Gasteiger partial charge in [-0.15, -0.1) is 0 Å². The van der Waals surface area contributed by atoms with Crippen molar-refractivity contribution in [3.05, 3.63) is 58.6 Å². The Kier molecular flexibility index (Phi) is 7.18. The summed E-state index contributed by atoms with van der Waals surface area (Å²) in [6, 6.07) is 11.5. The van der Waals surface area contributed by atoms with Gasteiger partial charge in [-0.25, -0.2) is 4.79 Å². The largest absolute Gasteiger partial charge is 0.508 e. The highest BCUT2D eigenvalue weighted by atomic mass is 35.5. The molecule has 3 amide bonds. The minimum atomic E-state index is -0.618. The molecule has 160 valence electrons. The van der Waals surface area contributed by atoms with E-state index in [0.29, 0.717) is 24.8 Å². The molecule has 30 heavy (non-hydrogen) atoms. The Labute approximate surface area is 181 Å². The second-order valence-corrected chi connectivity index (χ2v) is 7.87. The number of phenols is 1. The van der Waals surface area contributed by atoms with E-state index < -0.39 is 5.91 Å². The smallest absolute Gasteiger partial charge is 0.322 e. The molecule has 1 fully saturated rings. The fourth-order valence-corrected chi connectivity index (χ4v) is 4.08. The van der Waals surface area contributed by atoms with Crippen molar-refractivity contribution in [1.29, 1.82) is 0 Å². The van der Waals surface area contributed by atoms with E-state index in [1.807, 2.05) is 0 Å². The summed E-state index contributed by atoms with van der Waals surface area (Å²) >= 11 is 6.11. The van der Waals surface area contributed by atoms with E-state index in [4.69, 9.17) is 17.3 Å². The zero-order chi connectivity index (χ0) is 21.7. The number of aromatic hydroxyl groups is 1. The molecule has 1 aliphatic rings. The van der Waals surface area contributed by atoms with Crippen molar-refractivity contribution in [3.63, 3.8) is 0 Å². The monoisotopic (exact) mass is 430 g/mol. The van der Waals surface area contributed by atoms with Crippen LogP contribution in [0.1, 0.15) is 35.7 Å². The van der Waals surface area contributed by atoms with Crippen LogP contribution >= 0.6 is 11.6 Å². The molecule has 0 aromatic heterocycles. The molecule has 0 spiro atoms. The number of anilines is 1. The number of likely N-dealkylation sites (N-methyl/N-ethyl adjacent to an activating group) is 1. The number of phenolic OH excluding ortho intramolecular Hbond substituents is 1. The summed E-state index contributed by atoms with van der Waals surface area (Å²) in [6.07, 6.45) is 2.17. The van der Waals surface area contributed by atoms with E-state index in [1.165, 1.54) is 12.1 Å². The SMILES string of the molecule is CCN1CCCC1CN(Cc1ccc(O)cc1)C(=O)Nc1ccc(C(N)=O)c(Cl)c1. The quantitative estimate of drug-likeness (QED) is 0.624. The molecule has 1 atom stereocenters. The molecular weight excluding hydrogens is 404 g/mol. The Balaban J connectivity index is 1.77. The fourth-order valence-electron chi connectivity index (χ4n) is 3.81. The summed E-state index contributed by atoms with van der Waals surface area (Å²) in [5.41, 5.74) is 6.91. The fraction of sp³-hybridized carbons (Fsp3) is 0.364. The van der Waals surface area contributed by atoms with Gasteiger partial charge in [-0.3, -0.25) is 9.69 Å². The van der Waals surface area contributed by atoms with Crippen LogP contribution in [0.2, 0.25) is 5.02 Å². The van der Waals surface area contributed by atoms with E-state index in [0.717, 1.165) is 31.5 Å². The normalized spacial score (nSPS) is 16.4. The van der Waals surface area contributed by atoms with Crippen molar-refractivity contribution in [2.24, 2.45) is 5.73 Å². The highest BCUT2D eigenvalue weighted by molar-refractivity contribution is 6.34. The van der Waals surface area contributed by atoms with Crippen LogP contribution in [0.5, 0.6) is 5.75 Å². The van der Waals surface area contributed by atoms with E-state index in [1.54, 1.807) is 35.2 Å². The van der Waals surface area contributed by atoms with Gasteiger partial charge in [0.1, 0.15) is 5.75 Å². The Morgan fingerprint density at radius 3 is 2.63 bits per heavy atom. The highest BCUT2D eigenvalue weighted by Crippen LogP contribution is 2.23. The first-order valence-corrected chi connectivity index (χ1v) is 10.4. The number of carbonyl (C=O) groups is 2. The third-order valence-electron chi connectivity index (χ3n) is 5.42. The Hall–Kier alpha value is -2.77. The summed E-state index contributed by atoms with van der Waals surface area (Å²) in [7, 11) is 0. The number of hydrogen-bond donors (Lipinski definition) is 3. The van der Waals surface area contributed by atoms with Gasteiger partial charge >= 0.3 is 6.03 Å². The first-order chi connectivity index (χ1) is 14.4. The van der Waals surface area contributed by atoms with E-state index >= 15 is 0 Å². The average molecular weight is 431 g/mol. The van der Waals surface area contributed by atoms with Crippen LogP contribution in [0, 0.1) is 0 Å². The molecule has 8 heteroatoms. The van der Waals surface area contributed by atoms with E-state index in [9.17, 15) is 14.7 Å². The standard InChI is InChI=1S/C22H27ClN4O3/c1-2-26-11-3-4-17(26)14-27(13-15-5-8-18(28)9-6-15)22(30)25-16-7-10-19(21(24)29)20(23)12-16/h5-10,12,17,28H,2-4,11,13-14H2,1H3,(H2,24,29)(H,25,30). The zero-order valence-electron chi connectivity index (χ0n) is 17.0. The number of amides is 3. The van der Waals surface area contributed by atoms with Gasteiger partial charge < -0.3 is 21.1 Å². The minimum absolute atomic E-state index is 0.187. The van der Waals surface area contributed by atoms with Crippen LogP contribution in [-0.4, -0.2) is 52.5 Å². The first kappa shape index (κ1) is 21.9. The maximum Gasteiger partial charge on any atom is 0.322 e. The number of likely N-dealkylation sites (tertiary alicyclic amines) is 1. The summed E-state index contributed by atoms with van der Waals surface area (Å²) in [6.45, 7) is 5.12. The second-order valence-electron chi connectivity index (χ2n) is 7.46. The molecule has 1 heterocycles. The van der Waals surface area contributed by atoms with Gasteiger partial charge in [-0.05, 0) is 61.8 Å². The van der Waals surface area contributed by atoms with Gasteiger partial charge in [0.25, 0.3) is 0 Å². The molecule has 0 bridgehead atoms. The minimum Gasteiger partial charge on any atom is -0.508 e. The van der Waals surface area contributed by atoms with E-state index in [2.05, 4.69) is 17.1 Å². The van der Waals surface area contributed by atoms with Crippen molar-refractivity contribution in [3.8, 4) is 5.75 Å². The van der Waals surface area contributed by atoms with Crippen molar-refractivity contribution in [1.82, 2.24) is 9.80 Å². The van der Waals surface area contributed by atoms with Gasteiger partial charge in [0.15, 0.2) is 0 Å². The van der Waals surface area contributed by atoms with Crippen LogP contribution in [0.4, 0.5) is 10.5 Å². The summed E-state index contributed by atoms with van der Waals surface area (Å²) in [4.78, 5) is 28.6. The molecule has 0 radical (unpaired) electrons. The van der Waals surface area contributed by atoms with Crippen LogP contribution in [0.15, 0.2) is 42.5 Å². The van der Waals surface area contributed by atoms with Gasteiger partial charge in [0.2, 0.25) is 5.91 Å². The van der Waals surface area contributed by atoms with Crippen molar-refractivity contribution < 1.29 is 14.7 Å². The van der Waals surface area contributed by atoms with Crippen LogP contribution in [-0.2, 0) is 6.54 Å². The number of rotatable bonds is 7. The van der Waals surface area contributed by atoms with Crippen LogP contribution < -0.4 is 11.1 Å². The summed E-state index contributed by atoms with van der Waals surface area (Å²) in [5, 5.41) is 12.6. The predicted octanol–water partition coefficient (Wildman–Crippen LogP) is 3.66. The van der Waals surface area contributed by atoms with Crippen molar-refractivity contribution >= 4 is 29.2 Å². The summed E-state index contributed by atoms with van der Waals surface area (Å²) < 4.78 is 0. The predicted molar refractivity (Wildman–Crippen MR) is 118 cm³/mol. The number of nitrogens with zero attached hydrogens (tertiary/aromatic N) is 2. The molecule has 4 N–H and O–H groups in total. The zero-order valence-corrected chi connectivity index (χ0v) is 17.7. The maximum atomic E-state index is 13.1. The van der Waals surface area contributed by atoms with E-state index in [-0.39, 0.29) is 22.4 Å². The Morgan fingerprint density at radius 1 is 1.27 bits per heavy atom. The van der Waals surface area contributed by atoms with Crippen molar-refractivity contribution in [2.75, 3.05) is 25.0 Å². The molecule has 1 aliphatic heterocycles. The number of primary amides is 1. The van der Waals surface area contributed by atoms with Crippen LogP contribution in [0.3, 0.4) is 0 Å². The molecule has 0 saturated carbocycles. The van der Waals surface area contributed by atoms with Gasteiger partial charge in [0.05, 0.1) is 10.6 Å². The molecular formula is C22H27ClN4O3. The maximum absolute atomic E-state index is 13.1. The Morgan fingerprint density at radius 2 is 2.00 bits per heavy atom. The third-order valence-corrected chi connectivity index (χ3v) is 5.73. The lowest BCUT2D eigenvalue weighted by Crippen LogP contribution is -2.44. The number of hydrogen-bond acceptors (Lipinski definition) is 4. The topological polar surface area (TPSA) is 98.9 Å². The molecule has 1 unspecified atom stereocenters. The van der Waals surface area contributed by atoms with Crippen LogP contribution in [0.25, 0.3) is 0 Å². The number of nitrogens with one attached hydrogen (secondary N) is 1. The molecule has 0 aliphatic carbocycles. The number of nitrogens with two attached hydrogens (primary N) is 1. The lowest BCUT2D eigenvalue weighted by atomic mass is 10.1. The number of benzene rings is 2. The molecule has 2 aromatic carbocycles. The second kappa shape index (κ2) is 9.82. The Bertz CT molecular complexity index is 904. The molecule has 1 saturated heterocycles. The lowest BCUT2D eigenvalue weighted by molar-refractivity contribution is 0.100. The number of carbonyl (C=O) groups excluding carboxylic acids is 2. The lowest BCUT2D eigenvalue weighted by Gasteiger charge is -2.30. The number of urea groups is 1. The van der Waals surface area contributed by atoms with Crippen molar-refractivity contribution in [2.45, 2.75) is 32.4 Å². The third kappa shape index (κ3) is 5.43. The summed E-state index contributed by atoms with van der Waals surface area (Å²) in [5.74, 6) is -0.431.